The van der Waals surface area contributed by atoms with E-state index in [0.717, 1.165) is 38.5 Å². The third-order valence-electron chi connectivity index (χ3n) is 12.4. The van der Waals surface area contributed by atoms with E-state index in [1.807, 2.05) is 27.2 Å². The molecule has 0 aliphatic rings. The molecule has 0 heterocycles. The van der Waals surface area contributed by atoms with Gasteiger partial charge < -0.3 is 19.8 Å². The molecule has 0 radical (unpaired) electrons. The Morgan fingerprint density at radius 3 is 1.22 bits per heavy atom. The van der Waals surface area contributed by atoms with E-state index in [1.54, 1.807) is 6.08 Å². The number of phosphoric acid groups is 1. The number of phosphoric ester groups is 1. The van der Waals surface area contributed by atoms with Crippen molar-refractivity contribution in [2.24, 2.45) is 0 Å². The third-order valence-corrected chi connectivity index (χ3v) is 13.4. The van der Waals surface area contributed by atoms with Crippen molar-refractivity contribution in [2.75, 3.05) is 40.9 Å². The van der Waals surface area contributed by atoms with Crippen molar-refractivity contribution in [2.45, 2.75) is 276 Å². The van der Waals surface area contributed by atoms with Gasteiger partial charge in [-0.1, -0.05) is 237 Å². The number of nitrogens with one attached hydrogen (secondary N) is 1. The first kappa shape index (κ1) is 62.0. The van der Waals surface area contributed by atoms with Crippen molar-refractivity contribution in [1.29, 1.82) is 0 Å². The zero-order chi connectivity index (χ0) is 46.4. The fourth-order valence-corrected chi connectivity index (χ4v) is 8.83. The van der Waals surface area contributed by atoms with E-state index in [9.17, 15) is 19.4 Å². The molecule has 0 rings (SSSR count). The fourth-order valence-electron chi connectivity index (χ4n) is 8.10. The zero-order valence-corrected chi connectivity index (χ0v) is 43.5. The zero-order valence-electron chi connectivity index (χ0n) is 42.6. The lowest BCUT2D eigenvalue weighted by Gasteiger charge is -2.25. The number of unbranched alkanes of at least 4 members (excludes halogenated alkanes) is 35. The van der Waals surface area contributed by atoms with Gasteiger partial charge >= 0.3 is 7.82 Å². The molecule has 0 fully saturated rings. The summed E-state index contributed by atoms with van der Waals surface area (Å²) in [5.74, 6) is -0.179. The number of carbonyl (C=O) groups is 1. The molecule has 0 bridgehead atoms. The molecule has 0 saturated carbocycles. The lowest BCUT2D eigenvalue weighted by atomic mass is 10.0. The summed E-state index contributed by atoms with van der Waals surface area (Å²) in [5, 5.41) is 13.9. The molecule has 374 valence electrons. The predicted molar refractivity (Wildman–Crippen MR) is 272 cm³/mol. The van der Waals surface area contributed by atoms with Crippen LogP contribution >= 0.6 is 7.82 Å². The second-order valence-corrected chi connectivity index (χ2v) is 21.4. The number of likely N-dealkylation sites (N-methyl/N-ethyl adjacent to an activating group) is 1. The van der Waals surface area contributed by atoms with Gasteiger partial charge in [0.2, 0.25) is 5.91 Å². The Balaban J connectivity index is 4.24. The highest BCUT2D eigenvalue weighted by atomic mass is 31.2. The van der Waals surface area contributed by atoms with Gasteiger partial charge in [0, 0.05) is 6.42 Å². The quantitative estimate of drug-likeness (QED) is 0.0243. The summed E-state index contributed by atoms with van der Waals surface area (Å²) >= 11 is 0. The second kappa shape index (κ2) is 46.1. The van der Waals surface area contributed by atoms with E-state index in [2.05, 4.69) is 31.3 Å². The highest BCUT2D eigenvalue weighted by Crippen LogP contribution is 2.43. The third kappa shape index (κ3) is 48.7. The van der Waals surface area contributed by atoms with E-state index in [1.165, 1.54) is 205 Å². The molecular weight excluding hydrogens is 804 g/mol. The van der Waals surface area contributed by atoms with Gasteiger partial charge in [-0.3, -0.25) is 13.8 Å². The minimum Gasteiger partial charge on any atom is -0.387 e. The minimum absolute atomic E-state index is 0.0622. The normalized spacial score (nSPS) is 14.2. The van der Waals surface area contributed by atoms with Gasteiger partial charge in [0.25, 0.3) is 0 Å². The molecule has 0 aliphatic carbocycles. The van der Waals surface area contributed by atoms with Crippen molar-refractivity contribution < 1.29 is 32.9 Å². The number of allylic oxidation sites excluding steroid dienone is 3. The number of aliphatic hydroxyl groups is 1. The van der Waals surface area contributed by atoms with Gasteiger partial charge in [-0.2, -0.15) is 0 Å². The molecule has 3 unspecified atom stereocenters. The lowest BCUT2D eigenvalue weighted by molar-refractivity contribution is -0.870. The van der Waals surface area contributed by atoms with Gasteiger partial charge in [0.05, 0.1) is 39.9 Å². The Hall–Kier alpha value is -1.02. The predicted octanol–water partition coefficient (Wildman–Crippen LogP) is 16.0. The fraction of sp³-hybridized carbons (Fsp3) is 0.907. The number of nitrogens with zero attached hydrogens (tertiary/aromatic N) is 1. The minimum atomic E-state index is -4.34. The van der Waals surface area contributed by atoms with Gasteiger partial charge in [0.15, 0.2) is 0 Å². The first-order valence-corrected chi connectivity index (χ1v) is 28.7. The summed E-state index contributed by atoms with van der Waals surface area (Å²) in [5.41, 5.74) is 0. The Labute approximate surface area is 392 Å². The first-order valence-electron chi connectivity index (χ1n) is 27.2. The maximum absolute atomic E-state index is 12.9. The van der Waals surface area contributed by atoms with Crippen LogP contribution in [0.5, 0.6) is 0 Å². The maximum Gasteiger partial charge on any atom is 0.472 e. The molecular formula is C54H108N2O6P+. The Kier molecular flexibility index (Phi) is 45.4. The number of hydrogen-bond donors (Lipinski definition) is 3. The van der Waals surface area contributed by atoms with Crippen molar-refractivity contribution in [1.82, 2.24) is 5.32 Å². The summed E-state index contributed by atoms with van der Waals surface area (Å²) in [7, 11) is 1.58. The van der Waals surface area contributed by atoms with Crippen LogP contribution in [0.2, 0.25) is 0 Å². The number of hydrogen-bond acceptors (Lipinski definition) is 5. The Morgan fingerprint density at radius 1 is 0.524 bits per heavy atom. The van der Waals surface area contributed by atoms with Crippen molar-refractivity contribution >= 4 is 13.7 Å². The lowest BCUT2D eigenvalue weighted by Crippen LogP contribution is -2.45. The van der Waals surface area contributed by atoms with Crippen LogP contribution in [-0.2, 0) is 18.4 Å². The van der Waals surface area contributed by atoms with Gasteiger partial charge in [-0.15, -0.1) is 0 Å². The largest absolute Gasteiger partial charge is 0.472 e. The Bertz CT molecular complexity index is 1080. The summed E-state index contributed by atoms with van der Waals surface area (Å²) in [6, 6.07) is -0.847. The molecule has 63 heavy (non-hydrogen) atoms. The van der Waals surface area contributed by atoms with Crippen LogP contribution in [0, 0.1) is 0 Å². The number of amides is 1. The van der Waals surface area contributed by atoms with Crippen LogP contribution in [0.15, 0.2) is 24.3 Å². The van der Waals surface area contributed by atoms with Crippen LogP contribution in [-0.4, -0.2) is 73.4 Å². The number of aliphatic hydroxyl groups excluding tert-OH is 1. The van der Waals surface area contributed by atoms with Gasteiger partial charge in [-0.05, 0) is 44.9 Å². The van der Waals surface area contributed by atoms with E-state index < -0.39 is 20.0 Å². The molecule has 0 saturated heterocycles. The smallest absolute Gasteiger partial charge is 0.387 e. The maximum atomic E-state index is 12.9. The summed E-state index contributed by atoms with van der Waals surface area (Å²) in [6.45, 7) is 4.84. The number of rotatable bonds is 50. The van der Waals surface area contributed by atoms with Crippen molar-refractivity contribution in [3.63, 3.8) is 0 Å². The average molecular weight is 912 g/mol. The molecule has 9 heteroatoms. The van der Waals surface area contributed by atoms with E-state index in [0.29, 0.717) is 17.4 Å². The molecule has 3 N–H and O–H groups in total. The van der Waals surface area contributed by atoms with E-state index in [4.69, 9.17) is 9.05 Å². The first-order chi connectivity index (χ1) is 30.5. The van der Waals surface area contributed by atoms with Crippen LogP contribution < -0.4 is 5.32 Å². The van der Waals surface area contributed by atoms with Gasteiger partial charge in [0.1, 0.15) is 13.2 Å². The molecule has 1 amide bonds. The molecule has 0 aromatic heterocycles. The van der Waals surface area contributed by atoms with Crippen LogP contribution in [0.4, 0.5) is 0 Å². The van der Waals surface area contributed by atoms with Gasteiger partial charge in [-0.25, -0.2) is 4.57 Å². The summed E-state index contributed by atoms with van der Waals surface area (Å²) < 4.78 is 23.7. The topological polar surface area (TPSA) is 105 Å². The van der Waals surface area contributed by atoms with Crippen molar-refractivity contribution in [3.05, 3.63) is 24.3 Å². The SMILES string of the molecule is CCCCCCCC/C=C\CCCCCCCCCC(=O)NC(COP(=O)(O)OCC[N+](C)(C)C)C(O)/C=C/CCCCCCCCCCCCCCCCCCCCCCCC. The van der Waals surface area contributed by atoms with E-state index >= 15 is 0 Å². The highest BCUT2D eigenvalue weighted by molar-refractivity contribution is 7.47. The van der Waals surface area contributed by atoms with Crippen molar-refractivity contribution in [3.8, 4) is 0 Å². The second-order valence-electron chi connectivity index (χ2n) is 20.0. The number of quaternary nitrogens is 1. The Morgan fingerprint density at radius 2 is 0.857 bits per heavy atom. The molecule has 0 aliphatic heterocycles. The summed E-state index contributed by atoms with van der Waals surface area (Å²) in [4.78, 5) is 23.2. The summed E-state index contributed by atoms with van der Waals surface area (Å²) in [6.07, 6.45) is 56.9. The standard InChI is InChI=1S/C54H107N2O6P/c1-6-8-10-12-14-16-18-20-22-24-25-26-27-28-29-30-32-33-35-37-39-41-43-45-47-53(57)52(51-62-63(59,60)61-50-49-56(3,4)5)55-54(58)48-46-44-42-40-38-36-34-31-23-21-19-17-15-13-11-9-7-2/h21,23,45,47,52-53,57H,6-20,22,24-44,46,48-51H2,1-5H3,(H-,55,58,59,60)/p+1/b23-21-,47-45+. The van der Waals surface area contributed by atoms with E-state index in [-0.39, 0.29) is 19.1 Å². The number of carbonyl (C=O) groups excluding carboxylic acids is 1. The van der Waals surface area contributed by atoms with Crippen LogP contribution in [0.25, 0.3) is 0 Å². The molecule has 0 aromatic carbocycles. The monoisotopic (exact) mass is 912 g/mol. The van der Waals surface area contributed by atoms with Crippen LogP contribution in [0.3, 0.4) is 0 Å². The average Bonchev–Trinajstić information content (AvgIpc) is 3.24. The molecule has 3 atom stereocenters. The molecule has 0 spiro atoms. The highest BCUT2D eigenvalue weighted by Gasteiger charge is 2.27. The van der Waals surface area contributed by atoms with Crippen LogP contribution in [0.1, 0.15) is 264 Å². The molecule has 0 aromatic rings. The molecule has 8 nitrogen and oxygen atoms in total.